The fourth-order valence-corrected chi connectivity index (χ4v) is 3.61. The number of hydrogen-bond acceptors (Lipinski definition) is 5. The fraction of sp³-hybridized carbons (Fsp3) is 0.353. The maximum Gasteiger partial charge on any atom is 0.324 e. The molecule has 1 aliphatic heterocycles. The second kappa shape index (κ2) is 7.52. The van der Waals surface area contributed by atoms with Crippen LogP contribution in [0, 0.1) is 0 Å². The van der Waals surface area contributed by atoms with E-state index in [0.717, 1.165) is 15.5 Å². The van der Waals surface area contributed by atoms with Gasteiger partial charge in [0, 0.05) is 31.1 Å². The van der Waals surface area contributed by atoms with E-state index in [1.165, 1.54) is 4.90 Å². The van der Waals surface area contributed by atoms with Gasteiger partial charge in [0.1, 0.15) is 5.76 Å². The lowest BCUT2D eigenvalue weighted by atomic mass is 10.0. The summed E-state index contributed by atoms with van der Waals surface area (Å²) in [6.45, 7) is 3.10. The number of carbonyl (C=O) groups excluding carboxylic acids is 3. The third-order valence-electron chi connectivity index (χ3n) is 4.17. The van der Waals surface area contributed by atoms with Crippen LogP contribution in [0.1, 0.15) is 23.5 Å². The van der Waals surface area contributed by atoms with E-state index < -0.39 is 17.8 Å². The van der Waals surface area contributed by atoms with Gasteiger partial charge in [0.15, 0.2) is 0 Å². The highest BCUT2D eigenvalue weighted by atomic mass is 32.1. The maximum absolute atomic E-state index is 12.4. The summed E-state index contributed by atoms with van der Waals surface area (Å²) >= 11 is 1.57. The van der Waals surface area contributed by atoms with Gasteiger partial charge in [-0.2, -0.15) is 0 Å². The summed E-state index contributed by atoms with van der Waals surface area (Å²) in [6, 6.07) is 7.00. The van der Waals surface area contributed by atoms with Crippen LogP contribution >= 0.6 is 11.3 Å². The number of nitrogens with one attached hydrogen (secondary N) is 1. The molecular weight excluding hydrogens is 342 g/mol. The highest BCUT2D eigenvalue weighted by Gasteiger charge is 2.35. The molecule has 0 saturated carbocycles. The van der Waals surface area contributed by atoms with Gasteiger partial charge in [-0.1, -0.05) is 6.07 Å². The molecule has 1 atom stereocenters. The fourth-order valence-electron chi connectivity index (χ4n) is 2.78. The molecule has 8 heteroatoms. The summed E-state index contributed by atoms with van der Waals surface area (Å²) in [7, 11) is 0. The minimum atomic E-state index is -0.781. The van der Waals surface area contributed by atoms with Crippen molar-refractivity contribution in [3.8, 4) is 0 Å². The highest BCUT2D eigenvalue weighted by molar-refractivity contribution is 7.10. The van der Waals surface area contributed by atoms with Crippen molar-refractivity contribution in [2.45, 2.75) is 12.8 Å². The number of imide groups is 1. The van der Waals surface area contributed by atoms with Gasteiger partial charge in [-0.05, 0) is 30.5 Å². The molecule has 3 heterocycles. The molecule has 2 aromatic rings. The minimum absolute atomic E-state index is 0.137. The third kappa shape index (κ3) is 3.58. The molecule has 1 aliphatic rings. The summed E-state index contributed by atoms with van der Waals surface area (Å²) in [4.78, 5) is 39.9. The van der Waals surface area contributed by atoms with Crippen molar-refractivity contribution >= 4 is 29.2 Å². The van der Waals surface area contributed by atoms with Gasteiger partial charge < -0.3 is 14.6 Å². The predicted octanol–water partition coefficient (Wildman–Crippen LogP) is 1.87. The Morgan fingerprint density at radius 2 is 2.12 bits per heavy atom. The molecule has 0 aliphatic carbocycles. The average Bonchev–Trinajstić information content (AvgIpc) is 3.31. The number of furan rings is 1. The number of piperazine rings is 1. The first kappa shape index (κ1) is 17.2. The van der Waals surface area contributed by atoms with Crippen LogP contribution in [-0.2, 0) is 9.59 Å². The smallest absolute Gasteiger partial charge is 0.324 e. The number of likely N-dealkylation sites (N-methyl/N-ethyl adjacent to an activating group) is 1. The van der Waals surface area contributed by atoms with E-state index in [1.54, 1.807) is 30.6 Å². The van der Waals surface area contributed by atoms with E-state index >= 15 is 0 Å². The van der Waals surface area contributed by atoms with Gasteiger partial charge in [0.2, 0.25) is 0 Å². The Balaban J connectivity index is 1.66. The molecule has 3 rings (SSSR count). The topological polar surface area (TPSA) is 82.9 Å². The molecule has 1 saturated heterocycles. The normalized spacial score (nSPS) is 16.2. The van der Waals surface area contributed by atoms with Crippen molar-refractivity contribution < 1.29 is 18.8 Å². The van der Waals surface area contributed by atoms with Crippen molar-refractivity contribution in [1.82, 2.24) is 15.1 Å². The van der Waals surface area contributed by atoms with Crippen LogP contribution in [-0.4, -0.2) is 53.8 Å². The van der Waals surface area contributed by atoms with E-state index in [2.05, 4.69) is 5.32 Å². The number of carbonyl (C=O) groups is 3. The lowest BCUT2D eigenvalue weighted by Crippen LogP contribution is -2.58. The lowest BCUT2D eigenvalue weighted by Gasteiger charge is -2.32. The number of hydrogen-bond donors (Lipinski definition) is 1. The Morgan fingerprint density at radius 3 is 2.76 bits per heavy atom. The summed E-state index contributed by atoms with van der Waals surface area (Å²) in [5.41, 5.74) is 0. The zero-order chi connectivity index (χ0) is 17.8. The molecule has 0 spiro atoms. The molecule has 0 aromatic carbocycles. The van der Waals surface area contributed by atoms with Gasteiger partial charge in [-0.25, -0.2) is 4.79 Å². The number of rotatable bonds is 5. The number of nitrogens with zero attached hydrogens (tertiary/aromatic N) is 2. The highest BCUT2D eigenvalue weighted by Crippen LogP contribution is 2.28. The van der Waals surface area contributed by atoms with E-state index in [0.29, 0.717) is 13.1 Å². The predicted molar refractivity (Wildman–Crippen MR) is 92.2 cm³/mol. The molecular formula is C17H19N3O4S. The maximum atomic E-state index is 12.4. The minimum Gasteiger partial charge on any atom is -0.469 e. The Morgan fingerprint density at radius 1 is 1.28 bits per heavy atom. The molecule has 25 heavy (non-hydrogen) atoms. The molecule has 0 unspecified atom stereocenters. The SMILES string of the molecule is CCN1CCN(C(=O)NC[C@H](c2ccco2)c2cccs2)C(=O)C1=O. The number of thiophene rings is 1. The first-order valence-corrected chi connectivity index (χ1v) is 8.95. The molecule has 2 aromatic heterocycles. The van der Waals surface area contributed by atoms with Crippen LogP contribution in [0.5, 0.6) is 0 Å². The number of urea groups is 1. The van der Waals surface area contributed by atoms with Crippen molar-refractivity contribution in [3.63, 3.8) is 0 Å². The second-order valence-electron chi connectivity index (χ2n) is 5.61. The molecule has 0 bridgehead atoms. The monoisotopic (exact) mass is 361 g/mol. The standard InChI is InChI=1S/C17H19N3O4S/c1-2-19-7-8-20(16(22)15(19)21)17(23)18-11-12(13-5-3-9-24-13)14-6-4-10-25-14/h3-6,9-10,12H,2,7-8,11H2,1H3,(H,18,23)/t12-/m1/s1. The van der Waals surface area contributed by atoms with Crippen LogP contribution < -0.4 is 5.32 Å². The van der Waals surface area contributed by atoms with Gasteiger partial charge in [-0.3, -0.25) is 14.5 Å². The Kier molecular flexibility index (Phi) is 5.18. The summed E-state index contributed by atoms with van der Waals surface area (Å²) < 4.78 is 5.48. The molecule has 1 fully saturated rings. The molecule has 4 amide bonds. The Hall–Kier alpha value is -2.61. The van der Waals surface area contributed by atoms with E-state index in [1.807, 2.05) is 23.6 Å². The quantitative estimate of drug-likeness (QED) is 0.824. The van der Waals surface area contributed by atoms with Gasteiger partial charge in [0.25, 0.3) is 0 Å². The lowest BCUT2D eigenvalue weighted by molar-refractivity contribution is -0.153. The third-order valence-corrected chi connectivity index (χ3v) is 5.15. The Bertz CT molecular complexity index is 708. The first-order chi connectivity index (χ1) is 12.1. The van der Waals surface area contributed by atoms with Crippen LogP contribution in [0.25, 0.3) is 0 Å². The first-order valence-electron chi connectivity index (χ1n) is 8.07. The van der Waals surface area contributed by atoms with Crippen molar-refractivity contribution in [2.24, 2.45) is 0 Å². The van der Waals surface area contributed by atoms with Crippen LogP contribution in [0.15, 0.2) is 40.3 Å². The van der Waals surface area contributed by atoms with Gasteiger partial charge in [-0.15, -0.1) is 11.3 Å². The summed E-state index contributed by atoms with van der Waals surface area (Å²) in [6.07, 6.45) is 1.59. The molecule has 0 radical (unpaired) electrons. The molecule has 132 valence electrons. The number of amides is 4. The van der Waals surface area contributed by atoms with E-state index in [9.17, 15) is 14.4 Å². The Labute approximate surface area is 149 Å². The second-order valence-corrected chi connectivity index (χ2v) is 6.59. The van der Waals surface area contributed by atoms with Crippen molar-refractivity contribution in [2.75, 3.05) is 26.2 Å². The zero-order valence-electron chi connectivity index (χ0n) is 13.8. The van der Waals surface area contributed by atoms with Crippen molar-refractivity contribution in [1.29, 1.82) is 0 Å². The summed E-state index contributed by atoms with van der Waals surface area (Å²) in [5.74, 6) is -0.816. The zero-order valence-corrected chi connectivity index (χ0v) is 14.6. The van der Waals surface area contributed by atoms with Gasteiger partial charge >= 0.3 is 17.8 Å². The van der Waals surface area contributed by atoms with E-state index in [4.69, 9.17) is 4.42 Å². The van der Waals surface area contributed by atoms with Crippen LogP contribution in [0.3, 0.4) is 0 Å². The van der Waals surface area contributed by atoms with E-state index in [-0.39, 0.29) is 19.0 Å². The van der Waals surface area contributed by atoms with Crippen LogP contribution in [0.4, 0.5) is 4.79 Å². The average molecular weight is 361 g/mol. The molecule has 7 nitrogen and oxygen atoms in total. The van der Waals surface area contributed by atoms with Crippen molar-refractivity contribution in [3.05, 3.63) is 46.5 Å². The largest absolute Gasteiger partial charge is 0.469 e. The van der Waals surface area contributed by atoms with Gasteiger partial charge in [0.05, 0.1) is 12.2 Å². The van der Waals surface area contributed by atoms with Crippen LogP contribution in [0.2, 0.25) is 0 Å². The molecule has 1 N–H and O–H groups in total. The summed E-state index contributed by atoms with van der Waals surface area (Å²) in [5, 5.41) is 4.71.